The lowest BCUT2D eigenvalue weighted by Crippen LogP contribution is -2.51. The fourth-order valence-corrected chi connectivity index (χ4v) is 2.92. The molecule has 6 heteroatoms. The zero-order valence-electron chi connectivity index (χ0n) is 10.9. The van der Waals surface area contributed by atoms with E-state index in [2.05, 4.69) is 21.2 Å². The van der Waals surface area contributed by atoms with E-state index >= 15 is 0 Å². The van der Waals surface area contributed by atoms with Gasteiger partial charge in [0.15, 0.2) is 0 Å². The van der Waals surface area contributed by atoms with Crippen LogP contribution in [0.25, 0.3) is 0 Å². The molecule has 0 aliphatic carbocycles. The summed E-state index contributed by atoms with van der Waals surface area (Å²) in [7, 11) is 0. The van der Waals surface area contributed by atoms with Gasteiger partial charge in [0.2, 0.25) is 0 Å². The highest BCUT2D eigenvalue weighted by molar-refractivity contribution is 9.10. The number of carbonyl (C=O) groups is 2. The smallest absolute Gasteiger partial charge is 0.325 e. The van der Waals surface area contributed by atoms with Crippen molar-refractivity contribution in [2.24, 2.45) is 0 Å². The predicted molar refractivity (Wildman–Crippen MR) is 76.0 cm³/mol. The quantitative estimate of drug-likeness (QED) is 0.839. The summed E-state index contributed by atoms with van der Waals surface area (Å²) in [5, 5.41) is 2.85. The zero-order chi connectivity index (χ0) is 14.2. The molecule has 0 bridgehead atoms. The normalized spacial score (nSPS) is 21.4. The van der Waals surface area contributed by atoms with Gasteiger partial charge in [-0.25, -0.2) is 4.79 Å². The Morgan fingerprint density at radius 1 is 1.20 bits per heavy atom. The Kier molecular flexibility index (Phi) is 3.52. The van der Waals surface area contributed by atoms with E-state index in [1.54, 1.807) is 0 Å². The van der Waals surface area contributed by atoms with Gasteiger partial charge < -0.3 is 10.1 Å². The standard InChI is InChI=1S/C14H15BrN2O3/c15-11-3-1-10(2-4-11)9-17-12(18)14(16-13(17)19)5-7-20-8-6-14/h1-4H,5-9H2,(H,16,19). The molecule has 2 fully saturated rings. The Bertz CT molecular complexity index is 538. The van der Waals surface area contributed by atoms with E-state index in [1.165, 1.54) is 4.90 Å². The summed E-state index contributed by atoms with van der Waals surface area (Å²) in [5.41, 5.74) is 0.186. The van der Waals surface area contributed by atoms with E-state index in [0.717, 1.165) is 10.0 Å². The Balaban J connectivity index is 1.78. The number of imide groups is 1. The van der Waals surface area contributed by atoms with E-state index in [1.807, 2.05) is 24.3 Å². The summed E-state index contributed by atoms with van der Waals surface area (Å²) in [6, 6.07) is 7.30. The van der Waals surface area contributed by atoms with Crippen LogP contribution in [0.2, 0.25) is 0 Å². The summed E-state index contributed by atoms with van der Waals surface area (Å²) in [6.45, 7) is 1.33. The number of amides is 3. The third kappa shape index (κ3) is 2.33. The van der Waals surface area contributed by atoms with Gasteiger partial charge in [-0.3, -0.25) is 9.69 Å². The number of hydrogen-bond acceptors (Lipinski definition) is 3. The van der Waals surface area contributed by atoms with Crippen LogP contribution in [0, 0.1) is 0 Å². The minimum atomic E-state index is -0.745. The van der Waals surface area contributed by atoms with Crippen molar-refractivity contribution in [2.45, 2.75) is 24.9 Å². The number of benzene rings is 1. The molecule has 2 heterocycles. The van der Waals surface area contributed by atoms with Crippen LogP contribution in [0.1, 0.15) is 18.4 Å². The van der Waals surface area contributed by atoms with Crippen molar-refractivity contribution in [3.05, 3.63) is 34.3 Å². The number of rotatable bonds is 2. The molecule has 1 aromatic rings. The van der Waals surface area contributed by atoms with Gasteiger partial charge in [-0.2, -0.15) is 0 Å². The van der Waals surface area contributed by atoms with E-state index < -0.39 is 5.54 Å². The van der Waals surface area contributed by atoms with E-state index in [0.29, 0.717) is 32.6 Å². The number of carbonyl (C=O) groups excluding carboxylic acids is 2. The number of hydrogen-bond donors (Lipinski definition) is 1. The third-order valence-corrected chi connectivity index (χ3v) is 4.37. The molecule has 1 N–H and O–H groups in total. The second-order valence-electron chi connectivity index (χ2n) is 5.14. The molecule has 2 aliphatic rings. The summed E-state index contributed by atoms with van der Waals surface area (Å²) in [6.07, 6.45) is 1.10. The summed E-state index contributed by atoms with van der Waals surface area (Å²) in [5.74, 6) is -0.131. The first-order chi connectivity index (χ1) is 9.61. The van der Waals surface area contributed by atoms with Crippen LogP contribution in [0.4, 0.5) is 4.79 Å². The molecular formula is C14H15BrN2O3. The van der Waals surface area contributed by atoms with Crippen LogP contribution in [-0.4, -0.2) is 35.6 Å². The monoisotopic (exact) mass is 338 g/mol. The highest BCUT2D eigenvalue weighted by atomic mass is 79.9. The van der Waals surface area contributed by atoms with Gasteiger partial charge in [0.05, 0.1) is 6.54 Å². The van der Waals surface area contributed by atoms with Crippen LogP contribution in [-0.2, 0) is 16.1 Å². The second-order valence-corrected chi connectivity index (χ2v) is 6.06. The maximum atomic E-state index is 12.5. The first-order valence-corrected chi connectivity index (χ1v) is 7.36. The van der Waals surface area contributed by atoms with Gasteiger partial charge in [-0.05, 0) is 17.7 Å². The maximum absolute atomic E-state index is 12.5. The van der Waals surface area contributed by atoms with Crippen molar-refractivity contribution in [3.63, 3.8) is 0 Å². The SMILES string of the molecule is O=C1NC2(CCOCC2)C(=O)N1Cc1ccc(Br)cc1. The van der Waals surface area contributed by atoms with E-state index in [4.69, 9.17) is 4.74 Å². The van der Waals surface area contributed by atoms with Gasteiger partial charge >= 0.3 is 6.03 Å². The van der Waals surface area contributed by atoms with Crippen molar-refractivity contribution < 1.29 is 14.3 Å². The lowest BCUT2D eigenvalue weighted by molar-refractivity contribution is -0.134. The molecule has 0 unspecified atom stereocenters. The second kappa shape index (κ2) is 5.18. The van der Waals surface area contributed by atoms with Crippen molar-refractivity contribution in [1.29, 1.82) is 0 Å². The molecule has 0 saturated carbocycles. The van der Waals surface area contributed by atoms with Gasteiger partial charge in [0, 0.05) is 30.5 Å². The molecule has 0 aromatic heterocycles. The zero-order valence-corrected chi connectivity index (χ0v) is 12.5. The Morgan fingerprint density at radius 3 is 2.50 bits per heavy atom. The van der Waals surface area contributed by atoms with Crippen LogP contribution in [0.15, 0.2) is 28.7 Å². The fourth-order valence-electron chi connectivity index (χ4n) is 2.65. The fraction of sp³-hybridized carbons (Fsp3) is 0.429. The van der Waals surface area contributed by atoms with Crippen LogP contribution in [0.3, 0.4) is 0 Å². The van der Waals surface area contributed by atoms with Crippen molar-refractivity contribution in [1.82, 2.24) is 10.2 Å². The first kappa shape index (κ1) is 13.6. The van der Waals surface area contributed by atoms with Crippen LogP contribution in [0.5, 0.6) is 0 Å². The average molecular weight is 339 g/mol. The van der Waals surface area contributed by atoms with E-state index in [-0.39, 0.29) is 11.9 Å². The average Bonchev–Trinajstić information content (AvgIpc) is 2.67. The molecule has 106 valence electrons. The van der Waals surface area contributed by atoms with Crippen molar-refractivity contribution in [3.8, 4) is 0 Å². The minimum Gasteiger partial charge on any atom is -0.381 e. The summed E-state index contributed by atoms with van der Waals surface area (Å²) in [4.78, 5) is 25.9. The lowest BCUT2D eigenvalue weighted by atomic mass is 9.90. The molecule has 2 saturated heterocycles. The molecule has 0 atom stereocenters. The summed E-state index contributed by atoms with van der Waals surface area (Å²) < 4.78 is 6.25. The number of nitrogens with one attached hydrogen (secondary N) is 1. The molecule has 5 nitrogen and oxygen atoms in total. The molecule has 3 rings (SSSR count). The maximum Gasteiger partial charge on any atom is 0.325 e. The molecule has 2 aliphatic heterocycles. The van der Waals surface area contributed by atoms with Crippen LogP contribution >= 0.6 is 15.9 Å². The molecule has 1 aromatic carbocycles. The summed E-state index contributed by atoms with van der Waals surface area (Å²) >= 11 is 3.37. The third-order valence-electron chi connectivity index (χ3n) is 3.85. The first-order valence-electron chi connectivity index (χ1n) is 6.57. The topological polar surface area (TPSA) is 58.6 Å². The van der Waals surface area contributed by atoms with E-state index in [9.17, 15) is 9.59 Å². The molecule has 20 heavy (non-hydrogen) atoms. The van der Waals surface area contributed by atoms with Crippen LogP contribution < -0.4 is 5.32 Å². The molecular weight excluding hydrogens is 324 g/mol. The molecule has 3 amide bonds. The number of ether oxygens (including phenoxy) is 1. The van der Waals surface area contributed by atoms with Gasteiger partial charge in [0.1, 0.15) is 5.54 Å². The Morgan fingerprint density at radius 2 is 1.85 bits per heavy atom. The largest absolute Gasteiger partial charge is 0.381 e. The van der Waals surface area contributed by atoms with Crippen molar-refractivity contribution in [2.75, 3.05) is 13.2 Å². The number of urea groups is 1. The lowest BCUT2D eigenvalue weighted by Gasteiger charge is -2.30. The predicted octanol–water partition coefficient (Wildman–Crippen LogP) is 2.05. The molecule has 0 radical (unpaired) electrons. The van der Waals surface area contributed by atoms with Gasteiger partial charge in [0.25, 0.3) is 5.91 Å². The Labute approximate surface area is 125 Å². The van der Waals surface area contributed by atoms with Gasteiger partial charge in [-0.1, -0.05) is 28.1 Å². The van der Waals surface area contributed by atoms with Crippen molar-refractivity contribution >= 4 is 27.9 Å². The Hall–Kier alpha value is -1.40. The highest BCUT2D eigenvalue weighted by Gasteiger charge is 2.51. The highest BCUT2D eigenvalue weighted by Crippen LogP contribution is 2.29. The minimum absolute atomic E-state index is 0.131. The van der Waals surface area contributed by atoms with Gasteiger partial charge in [-0.15, -0.1) is 0 Å². The molecule has 1 spiro atoms. The number of halogens is 1. The number of nitrogens with zero attached hydrogens (tertiary/aromatic N) is 1.